The Morgan fingerprint density at radius 2 is 1.60 bits per heavy atom. The third kappa shape index (κ3) is 3.42. The summed E-state index contributed by atoms with van der Waals surface area (Å²) in [6, 6.07) is 15.7. The smallest absolute Gasteiger partial charge is 0.357 e. The highest BCUT2D eigenvalue weighted by Crippen LogP contribution is 2.21. The first-order valence-corrected chi connectivity index (χ1v) is 6.46. The van der Waals surface area contributed by atoms with E-state index in [2.05, 4.69) is 0 Å². The maximum Gasteiger partial charge on any atom is 0.357 e. The van der Waals surface area contributed by atoms with E-state index < -0.39 is 0 Å². The summed E-state index contributed by atoms with van der Waals surface area (Å²) in [7, 11) is 3.34. The predicted octanol–water partition coefficient (Wildman–Crippen LogP) is 3.82. The van der Waals surface area contributed by atoms with Crippen LogP contribution in [0.1, 0.15) is 0 Å². The Balaban J connectivity index is 2.28. The fourth-order valence-electron chi connectivity index (χ4n) is 1.55. The summed E-state index contributed by atoms with van der Waals surface area (Å²) < 4.78 is 0. The van der Waals surface area contributed by atoms with Gasteiger partial charge in [0.05, 0.1) is 5.69 Å². The molecule has 0 spiro atoms. The second-order valence-electron chi connectivity index (χ2n) is 4.35. The van der Waals surface area contributed by atoms with Crippen molar-refractivity contribution in [2.45, 2.75) is 0 Å². The summed E-state index contributed by atoms with van der Waals surface area (Å²) >= 11 is 5.83. The lowest BCUT2D eigenvalue weighted by Crippen LogP contribution is -2.41. The number of halogens is 1. The molecule has 104 valence electrons. The van der Waals surface area contributed by atoms with Gasteiger partial charge in [-0.05, 0) is 36.4 Å². The Labute approximate surface area is 123 Å². The van der Waals surface area contributed by atoms with Crippen LogP contribution in [0, 0.1) is 0 Å². The van der Waals surface area contributed by atoms with Crippen LogP contribution in [0.5, 0.6) is 5.75 Å². The monoisotopic (exact) mass is 290 g/mol. The summed E-state index contributed by atoms with van der Waals surface area (Å²) in [4.78, 5) is 19.3. The van der Waals surface area contributed by atoms with E-state index in [0.29, 0.717) is 16.5 Å². The molecular weight excluding hydrogens is 276 g/mol. The summed E-state index contributed by atoms with van der Waals surface area (Å²) in [5.74, 6) is 0.536. The Kier molecular flexibility index (Phi) is 4.48. The van der Waals surface area contributed by atoms with E-state index in [-0.39, 0.29) is 6.03 Å². The van der Waals surface area contributed by atoms with Crippen molar-refractivity contribution in [1.82, 2.24) is 4.90 Å². The van der Waals surface area contributed by atoms with E-state index in [1.807, 2.05) is 18.2 Å². The molecule has 0 unspecified atom stereocenters. The molecule has 20 heavy (non-hydrogen) atoms. The largest absolute Gasteiger partial charge is 0.370 e. The van der Waals surface area contributed by atoms with Crippen molar-refractivity contribution in [3.63, 3.8) is 0 Å². The topological polar surface area (TPSA) is 32.8 Å². The van der Waals surface area contributed by atoms with Crippen molar-refractivity contribution in [2.24, 2.45) is 0 Å². The molecule has 0 saturated carbocycles. The number of anilines is 1. The first kappa shape index (κ1) is 14.2. The number of nitrogens with zero attached hydrogens (tertiary/aromatic N) is 2. The van der Waals surface area contributed by atoms with Gasteiger partial charge in [0.2, 0.25) is 0 Å². The molecule has 0 atom stereocenters. The van der Waals surface area contributed by atoms with Crippen LogP contribution in [-0.2, 0) is 0 Å². The van der Waals surface area contributed by atoms with Gasteiger partial charge in [0.15, 0.2) is 5.75 Å². The van der Waals surface area contributed by atoms with Crippen LogP contribution in [0.15, 0.2) is 54.6 Å². The molecule has 0 aliphatic rings. The molecular formula is C15H15ClN2O2. The van der Waals surface area contributed by atoms with Crippen LogP contribution >= 0.6 is 11.6 Å². The minimum Gasteiger partial charge on any atom is -0.370 e. The fraction of sp³-hybridized carbons (Fsp3) is 0.133. The zero-order chi connectivity index (χ0) is 14.5. The molecule has 0 bridgehead atoms. The van der Waals surface area contributed by atoms with E-state index in [1.54, 1.807) is 50.5 Å². The molecule has 2 rings (SSSR count). The van der Waals surface area contributed by atoms with E-state index in [0.717, 1.165) is 0 Å². The molecule has 2 aromatic carbocycles. The third-order valence-electron chi connectivity index (χ3n) is 2.56. The highest BCUT2D eigenvalue weighted by Gasteiger charge is 2.19. The van der Waals surface area contributed by atoms with Crippen molar-refractivity contribution in [1.29, 1.82) is 0 Å². The van der Waals surface area contributed by atoms with Crippen molar-refractivity contribution in [3.05, 3.63) is 59.6 Å². The quantitative estimate of drug-likeness (QED) is 0.805. The molecule has 0 aliphatic carbocycles. The first-order valence-electron chi connectivity index (χ1n) is 6.08. The molecule has 2 amide bonds. The van der Waals surface area contributed by atoms with Crippen molar-refractivity contribution < 1.29 is 9.63 Å². The van der Waals surface area contributed by atoms with Crippen molar-refractivity contribution >= 4 is 23.3 Å². The van der Waals surface area contributed by atoms with E-state index in [9.17, 15) is 4.79 Å². The number of carbonyl (C=O) groups is 1. The number of benzene rings is 2. The lowest BCUT2D eigenvalue weighted by molar-refractivity contribution is 0.190. The molecule has 0 aromatic heterocycles. The van der Waals surface area contributed by atoms with Crippen LogP contribution in [0.3, 0.4) is 0 Å². The van der Waals surface area contributed by atoms with E-state index >= 15 is 0 Å². The minimum atomic E-state index is -0.272. The second kappa shape index (κ2) is 6.30. The zero-order valence-electron chi connectivity index (χ0n) is 11.3. The number of amides is 2. The van der Waals surface area contributed by atoms with Crippen LogP contribution in [-0.4, -0.2) is 25.0 Å². The standard InChI is InChI=1S/C15H15ClN2O2/c1-17(2)15(19)18(13-6-4-3-5-7-13)20-14-10-8-12(16)9-11-14/h3-11H,1-2H3. The molecule has 0 aliphatic heterocycles. The summed E-state index contributed by atoms with van der Waals surface area (Å²) in [5.41, 5.74) is 0.654. The normalized spacial score (nSPS) is 9.95. The van der Waals surface area contributed by atoms with Crippen LogP contribution in [0.4, 0.5) is 10.5 Å². The van der Waals surface area contributed by atoms with Gasteiger partial charge >= 0.3 is 6.03 Å². The van der Waals surface area contributed by atoms with Crippen LogP contribution in [0.2, 0.25) is 5.02 Å². The highest BCUT2D eigenvalue weighted by atomic mass is 35.5. The summed E-state index contributed by atoms with van der Waals surface area (Å²) in [5, 5.41) is 1.85. The average molecular weight is 291 g/mol. The van der Waals surface area contributed by atoms with Gasteiger partial charge in [0.25, 0.3) is 0 Å². The molecule has 0 radical (unpaired) electrons. The lowest BCUT2D eigenvalue weighted by atomic mass is 10.3. The number of urea groups is 1. The fourth-order valence-corrected chi connectivity index (χ4v) is 1.67. The van der Waals surface area contributed by atoms with E-state index in [1.165, 1.54) is 9.96 Å². The van der Waals surface area contributed by atoms with Gasteiger partial charge in [0.1, 0.15) is 0 Å². The van der Waals surface area contributed by atoms with Gasteiger partial charge in [-0.3, -0.25) is 0 Å². The second-order valence-corrected chi connectivity index (χ2v) is 4.79. The highest BCUT2D eigenvalue weighted by molar-refractivity contribution is 6.30. The average Bonchev–Trinajstić information content (AvgIpc) is 2.47. The van der Waals surface area contributed by atoms with Gasteiger partial charge in [0, 0.05) is 19.1 Å². The molecule has 0 saturated heterocycles. The van der Waals surface area contributed by atoms with Gasteiger partial charge in [-0.15, -0.1) is 5.06 Å². The molecule has 2 aromatic rings. The number of carbonyl (C=O) groups excluding carboxylic acids is 1. The van der Waals surface area contributed by atoms with Crippen molar-refractivity contribution in [3.8, 4) is 5.75 Å². The molecule has 0 fully saturated rings. The molecule has 0 heterocycles. The van der Waals surface area contributed by atoms with Gasteiger partial charge < -0.3 is 9.74 Å². The van der Waals surface area contributed by atoms with E-state index in [4.69, 9.17) is 16.4 Å². The Morgan fingerprint density at radius 3 is 2.15 bits per heavy atom. The van der Waals surface area contributed by atoms with Crippen molar-refractivity contribution in [2.75, 3.05) is 19.2 Å². The summed E-state index contributed by atoms with van der Waals surface area (Å²) in [6.45, 7) is 0. The number of hydrogen-bond donors (Lipinski definition) is 0. The lowest BCUT2D eigenvalue weighted by Gasteiger charge is -2.25. The maximum atomic E-state index is 12.2. The van der Waals surface area contributed by atoms with Crippen LogP contribution in [0.25, 0.3) is 0 Å². The number of rotatable bonds is 3. The first-order chi connectivity index (χ1) is 9.58. The Bertz CT molecular complexity index is 570. The minimum absolute atomic E-state index is 0.272. The maximum absolute atomic E-state index is 12.2. The van der Waals surface area contributed by atoms with Gasteiger partial charge in [-0.2, -0.15) is 0 Å². The molecule has 5 heteroatoms. The number of para-hydroxylation sites is 1. The number of hydroxylamine groups is 1. The number of hydrogen-bond acceptors (Lipinski definition) is 2. The Morgan fingerprint density at radius 1 is 1.00 bits per heavy atom. The molecule has 0 N–H and O–H groups in total. The predicted molar refractivity (Wildman–Crippen MR) is 80.1 cm³/mol. The third-order valence-corrected chi connectivity index (χ3v) is 2.81. The van der Waals surface area contributed by atoms with Gasteiger partial charge in [-0.1, -0.05) is 29.8 Å². The zero-order valence-corrected chi connectivity index (χ0v) is 12.0. The summed E-state index contributed by atoms with van der Waals surface area (Å²) in [6.07, 6.45) is 0. The van der Waals surface area contributed by atoms with Crippen LogP contribution < -0.4 is 9.90 Å². The Hall–Kier alpha value is -2.20. The SMILES string of the molecule is CN(C)C(=O)N(Oc1ccc(Cl)cc1)c1ccccc1. The molecule has 4 nitrogen and oxygen atoms in total. The van der Waals surface area contributed by atoms with Gasteiger partial charge in [-0.25, -0.2) is 4.79 Å².